The summed E-state index contributed by atoms with van der Waals surface area (Å²) in [5.41, 5.74) is 1.41. The number of ether oxygens (including phenoxy) is 2. The maximum Gasteiger partial charge on any atom is 0.212 e. The molecular formula is C25H26N4O4S2. The van der Waals surface area contributed by atoms with Gasteiger partial charge in [0.2, 0.25) is 4.96 Å². The Kier molecular flexibility index (Phi) is 5.54. The highest BCUT2D eigenvalue weighted by Crippen LogP contribution is 2.41. The van der Waals surface area contributed by atoms with Crippen molar-refractivity contribution in [3.8, 4) is 23.0 Å². The maximum absolute atomic E-state index is 11.1. The van der Waals surface area contributed by atoms with E-state index in [1.54, 1.807) is 23.0 Å². The van der Waals surface area contributed by atoms with Crippen LogP contribution in [-0.2, 0) is 12.2 Å². The van der Waals surface area contributed by atoms with Gasteiger partial charge in [0.15, 0.2) is 5.76 Å². The van der Waals surface area contributed by atoms with Crippen LogP contribution in [0.15, 0.2) is 28.8 Å². The van der Waals surface area contributed by atoms with Crippen molar-refractivity contribution in [3.63, 3.8) is 0 Å². The van der Waals surface area contributed by atoms with Crippen molar-refractivity contribution in [2.24, 2.45) is 0 Å². The van der Waals surface area contributed by atoms with Gasteiger partial charge in [-0.25, -0.2) is 14.5 Å². The lowest BCUT2D eigenvalue weighted by Gasteiger charge is -2.29. The Morgan fingerprint density at radius 2 is 1.94 bits per heavy atom. The van der Waals surface area contributed by atoms with E-state index in [1.807, 2.05) is 38.2 Å². The van der Waals surface area contributed by atoms with Gasteiger partial charge in [-0.3, -0.25) is 0 Å². The van der Waals surface area contributed by atoms with Crippen LogP contribution in [0.1, 0.15) is 52.7 Å². The van der Waals surface area contributed by atoms with Gasteiger partial charge in [0, 0.05) is 17.0 Å². The van der Waals surface area contributed by atoms with Crippen LogP contribution in [0.3, 0.4) is 0 Å². The third kappa shape index (κ3) is 4.09. The van der Waals surface area contributed by atoms with Gasteiger partial charge < -0.3 is 19.0 Å². The Balaban J connectivity index is 1.30. The van der Waals surface area contributed by atoms with E-state index in [9.17, 15) is 5.11 Å². The summed E-state index contributed by atoms with van der Waals surface area (Å²) in [5.74, 6) is 1.93. The molecule has 1 aliphatic carbocycles. The highest BCUT2D eigenvalue weighted by molar-refractivity contribution is 7.16. The molecule has 182 valence electrons. The molecule has 6 rings (SSSR count). The van der Waals surface area contributed by atoms with Crippen LogP contribution in [0.25, 0.3) is 27.4 Å². The quantitative estimate of drug-likeness (QED) is 0.299. The standard InChI is InChI=1S/C25H26N4O4S2/c1-14-19(26-23(34-14)25(30)7-5-4-6-8-25)13-32-20-9-16(31-3)10-21-17(20)11-22(33-21)18-12-29-24(27-18)35-15(2)28-29/h9-12,30H,4-8,13H2,1-3H3. The molecule has 10 heteroatoms. The van der Waals surface area contributed by atoms with Gasteiger partial charge >= 0.3 is 0 Å². The highest BCUT2D eigenvalue weighted by Gasteiger charge is 2.34. The van der Waals surface area contributed by atoms with Gasteiger partial charge in [0.05, 0.1) is 24.4 Å². The maximum atomic E-state index is 11.1. The van der Waals surface area contributed by atoms with Crippen molar-refractivity contribution in [1.82, 2.24) is 19.6 Å². The molecule has 1 aliphatic rings. The first-order valence-electron chi connectivity index (χ1n) is 11.7. The molecule has 1 aromatic carbocycles. The number of thiazole rings is 1. The van der Waals surface area contributed by atoms with Crippen LogP contribution >= 0.6 is 22.7 Å². The fraction of sp³-hybridized carbons (Fsp3) is 0.400. The minimum Gasteiger partial charge on any atom is -0.496 e. The van der Waals surface area contributed by atoms with E-state index in [0.717, 1.165) is 56.6 Å². The van der Waals surface area contributed by atoms with Crippen molar-refractivity contribution in [2.75, 3.05) is 7.11 Å². The molecule has 4 aromatic heterocycles. The van der Waals surface area contributed by atoms with Gasteiger partial charge in [-0.2, -0.15) is 5.10 Å². The first-order valence-corrected chi connectivity index (χ1v) is 13.3. The van der Waals surface area contributed by atoms with Crippen molar-refractivity contribution in [3.05, 3.63) is 45.0 Å². The van der Waals surface area contributed by atoms with Crippen molar-refractivity contribution >= 4 is 38.6 Å². The van der Waals surface area contributed by atoms with Crippen LogP contribution in [-0.4, -0.2) is 31.8 Å². The zero-order chi connectivity index (χ0) is 24.2. The van der Waals surface area contributed by atoms with Crippen molar-refractivity contribution in [1.29, 1.82) is 0 Å². The van der Waals surface area contributed by atoms with Gasteiger partial charge in [-0.05, 0) is 32.8 Å². The zero-order valence-corrected chi connectivity index (χ0v) is 21.5. The number of aryl methyl sites for hydroxylation is 2. The monoisotopic (exact) mass is 510 g/mol. The van der Waals surface area contributed by atoms with E-state index in [-0.39, 0.29) is 0 Å². The molecule has 0 aliphatic heterocycles. The number of benzene rings is 1. The second-order valence-electron chi connectivity index (χ2n) is 9.03. The molecule has 0 spiro atoms. The second-order valence-corrected chi connectivity index (χ2v) is 11.4. The summed E-state index contributed by atoms with van der Waals surface area (Å²) in [5, 5.41) is 18.1. The van der Waals surface area contributed by atoms with Crippen LogP contribution < -0.4 is 9.47 Å². The van der Waals surface area contributed by atoms with Crippen LogP contribution in [0, 0.1) is 13.8 Å². The smallest absolute Gasteiger partial charge is 0.212 e. The average Bonchev–Trinajstić information content (AvgIpc) is 3.60. The lowest BCUT2D eigenvalue weighted by molar-refractivity contribution is -0.00102. The Morgan fingerprint density at radius 3 is 2.71 bits per heavy atom. The number of hydrogen-bond donors (Lipinski definition) is 1. The SMILES string of the molecule is COc1cc(OCc2nc(C3(O)CCCCC3)sc2C)c2cc(-c3cn4nc(C)sc4n3)oc2c1. The Labute approximate surface area is 210 Å². The van der Waals surface area contributed by atoms with Crippen LogP contribution in [0.4, 0.5) is 0 Å². The third-order valence-electron chi connectivity index (χ3n) is 6.54. The van der Waals surface area contributed by atoms with Gasteiger partial charge in [-0.1, -0.05) is 30.6 Å². The molecule has 4 heterocycles. The van der Waals surface area contributed by atoms with Crippen LogP contribution in [0.5, 0.6) is 11.5 Å². The van der Waals surface area contributed by atoms with Gasteiger partial charge in [0.1, 0.15) is 45.0 Å². The van der Waals surface area contributed by atoms with Crippen molar-refractivity contribution in [2.45, 2.75) is 58.2 Å². The molecular weight excluding hydrogens is 484 g/mol. The summed E-state index contributed by atoms with van der Waals surface area (Å²) in [6, 6.07) is 5.64. The number of rotatable bonds is 6. The summed E-state index contributed by atoms with van der Waals surface area (Å²) in [6.07, 6.45) is 6.66. The zero-order valence-electron chi connectivity index (χ0n) is 19.8. The van der Waals surface area contributed by atoms with E-state index in [0.29, 0.717) is 35.1 Å². The van der Waals surface area contributed by atoms with Crippen LogP contribution in [0.2, 0.25) is 0 Å². The average molecular weight is 511 g/mol. The molecule has 0 amide bonds. The molecule has 0 unspecified atom stereocenters. The normalized spacial score (nSPS) is 15.8. The third-order valence-corrected chi connectivity index (χ3v) is 8.59. The lowest BCUT2D eigenvalue weighted by atomic mass is 9.85. The largest absolute Gasteiger partial charge is 0.496 e. The molecule has 8 nitrogen and oxygen atoms in total. The van der Waals surface area contributed by atoms with E-state index >= 15 is 0 Å². The fourth-order valence-corrected chi connectivity index (χ4v) is 6.41. The van der Waals surface area contributed by atoms with Gasteiger partial charge in [0.25, 0.3) is 0 Å². The molecule has 0 bridgehead atoms. The molecule has 5 aromatic rings. The number of methoxy groups -OCH3 is 1. The number of fused-ring (bicyclic) bond motifs is 2. The molecule has 1 fully saturated rings. The topological polar surface area (TPSA) is 94.9 Å². The molecule has 0 atom stereocenters. The predicted molar refractivity (Wildman–Crippen MR) is 136 cm³/mol. The number of aromatic nitrogens is 4. The minimum atomic E-state index is -0.805. The fourth-order valence-electron chi connectivity index (χ4n) is 4.62. The Morgan fingerprint density at radius 1 is 1.11 bits per heavy atom. The Hall–Kier alpha value is -2.95. The van der Waals surface area contributed by atoms with Gasteiger partial charge in [-0.15, -0.1) is 11.3 Å². The van der Waals surface area contributed by atoms with E-state index in [4.69, 9.17) is 18.9 Å². The van der Waals surface area contributed by atoms with E-state index < -0.39 is 5.60 Å². The minimum absolute atomic E-state index is 0.296. The number of nitrogens with zero attached hydrogens (tertiary/aromatic N) is 4. The second kappa shape index (κ2) is 8.61. The highest BCUT2D eigenvalue weighted by atomic mass is 32.1. The number of imidazole rings is 1. The molecule has 1 saturated carbocycles. The molecule has 0 saturated heterocycles. The summed E-state index contributed by atoms with van der Waals surface area (Å²) in [7, 11) is 1.62. The molecule has 35 heavy (non-hydrogen) atoms. The van der Waals surface area contributed by atoms with E-state index in [2.05, 4.69) is 10.1 Å². The predicted octanol–water partition coefficient (Wildman–Crippen LogP) is 6.02. The summed E-state index contributed by atoms with van der Waals surface area (Å²) in [6.45, 7) is 4.28. The summed E-state index contributed by atoms with van der Waals surface area (Å²) in [4.78, 5) is 11.3. The first-order chi connectivity index (χ1) is 16.9. The number of aliphatic hydroxyl groups is 1. The Bertz CT molecular complexity index is 1490. The van der Waals surface area contributed by atoms with Crippen molar-refractivity contribution < 1.29 is 19.0 Å². The first kappa shape index (κ1) is 22.5. The lowest BCUT2D eigenvalue weighted by Crippen LogP contribution is -2.28. The molecule has 1 N–H and O–H groups in total. The number of furan rings is 1. The summed E-state index contributed by atoms with van der Waals surface area (Å²) >= 11 is 3.10. The number of hydrogen-bond acceptors (Lipinski definition) is 9. The summed E-state index contributed by atoms with van der Waals surface area (Å²) < 4.78 is 19.6. The molecule has 0 radical (unpaired) electrons. The van der Waals surface area contributed by atoms with E-state index in [1.165, 1.54) is 17.8 Å².